The molecular weight excluding hydrogens is 388 g/mol. The van der Waals surface area contributed by atoms with Crippen LogP contribution in [0.3, 0.4) is 0 Å². The Kier molecular flexibility index (Phi) is 6.13. The van der Waals surface area contributed by atoms with E-state index in [0.717, 1.165) is 10.6 Å². The average molecular weight is 409 g/mol. The number of likely N-dealkylation sites (N-methyl/N-ethyl adjacent to an activating group) is 1. The van der Waals surface area contributed by atoms with Crippen molar-refractivity contribution in [2.24, 2.45) is 0 Å². The third-order valence-electron chi connectivity index (χ3n) is 4.27. The standard InChI is InChI=1S/C15H21ClN2O5S2/c1-17(24(2,20)21)11-15(19)18-8-7-14(25(22,23)10-9-18)12-5-3-4-6-13(12)16/h3-6,14H,7-11H2,1-2H3. The van der Waals surface area contributed by atoms with Gasteiger partial charge in [-0.25, -0.2) is 16.8 Å². The Bertz CT molecular complexity index is 854. The van der Waals surface area contributed by atoms with E-state index in [1.165, 1.54) is 11.9 Å². The maximum absolute atomic E-state index is 12.6. The maximum atomic E-state index is 12.6. The summed E-state index contributed by atoms with van der Waals surface area (Å²) in [6.45, 7) is -0.0408. The normalized spacial score (nSPS) is 21.1. The highest BCUT2D eigenvalue weighted by atomic mass is 35.5. The third kappa shape index (κ3) is 4.93. The Balaban J connectivity index is 2.17. The van der Waals surface area contributed by atoms with Gasteiger partial charge in [0.05, 0.1) is 23.8 Å². The number of sulfone groups is 1. The number of hydrogen-bond donors (Lipinski definition) is 0. The number of amides is 1. The number of halogens is 1. The lowest BCUT2D eigenvalue weighted by Crippen LogP contribution is -2.42. The summed E-state index contributed by atoms with van der Waals surface area (Å²) in [4.78, 5) is 13.7. The molecule has 1 heterocycles. The molecule has 7 nitrogen and oxygen atoms in total. The van der Waals surface area contributed by atoms with Gasteiger partial charge < -0.3 is 4.90 Å². The van der Waals surface area contributed by atoms with Crippen molar-refractivity contribution in [1.82, 2.24) is 9.21 Å². The Morgan fingerprint density at radius 1 is 1.32 bits per heavy atom. The molecule has 0 N–H and O–H groups in total. The number of carbonyl (C=O) groups is 1. The lowest BCUT2D eigenvalue weighted by molar-refractivity contribution is -0.130. The summed E-state index contributed by atoms with van der Waals surface area (Å²) in [6.07, 6.45) is 1.24. The average Bonchev–Trinajstić information content (AvgIpc) is 2.65. The van der Waals surface area contributed by atoms with Gasteiger partial charge in [0, 0.05) is 25.2 Å². The zero-order valence-electron chi connectivity index (χ0n) is 14.1. The minimum atomic E-state index is -3.48. The van der Waals surface area contributed by atoms with Gasteiger partial charge in [0.15, 0.2) is 9.84 Å². The van der Waals surface area contributed by atoms with Crippen LogP contribution in [0.15, 0.2) is 24.3 Å². The second kappa shape index (κ2) is 7.61. The lowest BCUT2D eigenvalue weighted by Gasteiger charge is -2.23. The van der Waals surface area contributed by atoms with Crippen LogP contribution in [0.25, 0.3) is 0 Å². The van der Waals surface area contributed by atoms with Gasteiger partial charge in [-0.2, -0.15) is 4.31 Å². The molecule has 1 amide bonds. The number of rotatable bonds is 4. The Morgan fingerprint density at radius 3 is 2.56 bits per heavy atom. The molecule has 1 aliphatic rings. The van der Waals surface area contributed by atoms with Gasteiger partial charge in [0.1, 0.15) is 0 Å². The Morgan fingerprint density at radius 2 is 1.96 bits per heavy atom. The van der Waals surface area contributed by atoms with Gasteiger partial charge in [-0.15, -0.1) is 0 Å². The molecule has 140 valence electrons. The smallest absolute Gasteiger partial charge is 0.237 e. The van der Waals surface area contributed by atoms with Crippen molar-refractivity contribution in [3.63, 3.8) is 0 Å². The summed E-state index contributed by atoms with van der Waals surface area (Å²) in [5, 5.41) is -0.390. The van der Waals surface area contributed by atoms with E-state index < -0.39 is 31.0 Å². The van der Waals surface area contributed by atoms with Crippen LogP contribution < -0.4 is 0 Å². The number of sulfonamides is 1. The molecule has 0 bridgehead atoms. The molecule has 0 saturated carbocycles. The molecule has 1 saturated heterocycles. The highest BCUT2D eigenvalue weighted by Gasteiger charge is 2.34. The first kappa shape index (κ1) is 20.2. The van der Waals surface area contributed by atoms with Crippen molar-refractivity contribution in [2.45, 2.75) is 11.7 Å². The summed E-state index contributed by atoms with van der Waals surface area (Å²) in [6, 6.07) is 6.78. The predicted molar refractivity (Wildman–Crippen MR) is 96.7 cm³/mol. The second-order valence-electron chi connectivity index (χ2n) is 6.07. The van der Waals surface area contributed by atoms with E-state index in [1.54, 1.807) is 24.3 Å². The number of hydrogen-bond acceptors (Lipinski definition) is 5. The topological polar surface area (TPSA) is 91.8 Å². The summed E-state index contributed by atoms with van der Waals surface area (Å²) in [7, 11) is -5.63. The third-order valence-corrected chi connectivity index (χ3v) is 7.98. The van der Waals surface area contributed by atoms with E-state index >= 15 is 0 Å². The molecule has 1 fully saturated rings. The fraction of sp³-hybridized carbons (Fsp3) is 0.533. The lowest BCUT2D eigenvalue weighted by atomic mass is 10.1. The van der Waals surface area contributed by atoms with E-state index in [1.807, 2.05) is 0 Å². The van der Waals surface area contributed by atoms with Crippen molar-refractivity contribution in [1.29, 1.82) is 0 Å². The monoisotopic (exact) mass is 408 g/mol. The van der Waals surface area contributed by atoms with E-state index in [-0.39, 0.29) is 31.8 Å². The van der Waals surface area contributed by atoms with Crippen LogP contribution in [-0.2, 0) is 24.7 Å². The molecule has 1 atom stereocenters. The number of nitrogens with zero attached hydrogens (tertiary/aromatic N) is 2. The zero-order chi connectivity index (χ0) is 18.8. The first-order chi connectivity index (χ1) is 11.5. The van der Waals surface area contributed by atoms with Crippen molar-refractivity contribution in [3.8, 4) is 0 Å². The highest BCUT2D eigenvalue weighted by Crippen LogP contribution is 2.33. The summed E-state index contributed by atoms with van der Waals surface area (Å²) in [5.74, 6) is -0.597. The van der Waals surface area contributed by atoms with Crippen LogP contribution in [0.4, 0.5) is 0 Å². The van der Waals surface area contributed by atoms with Crippen LogP contribution in [0, 0.1) is 0 Å². The van der Waals surface area contributed by atoms with Gasteiger partial charge in [0.2, 0.25) is 15.9 Å². The molecular formula is C15H21ClN2O5S2. The van der Waals surface area contributed by atoms with Crippen molar-refractivity contribution < 1.29 is 21.6 Å². The minimum absolute atomic E-state index is 0.0414. The molecule has 0 aliphatic carbocycles. The van der Waals surface area contributed by atoms with E-state index in [9.17, 15) is 21.6 Å². The van der Waals surface area contributed by atoms with E-state index in [2.05, 4.69) is 0 Å². The van der Waals surface area contributed by atoms with Crippen LogP contribution in [0.1, 0.15) is 17.2 Å². The van der Waals surface area contributed by atoms with Gasteiger partial charge in [-0.05, 0) is 18.1 Å². The van der Waals surface area contributed by atoms with Gasteiger partial charge in [0.25, 0.3) is 0 Å². The molecule has 10 heteroatoms. The van der Waals surface area contributed by atoms with Gasteiger partial charge >= 0.3 is 0 Å². The largest absolute Gasteiger partial charge is 0.340 e. The Labute approximate surface area is 153 Å². The van der Waals surface area contributed by atoms with Crippen LogP contribution in [-0.4, -0.2) is 70.6 Å². The van der Waals surface area contributed by atoms with Gasteiger partial charge in [-0.1, -0.05) is 29.8 Å². The fourth-order valence-corrected chi connectivity index (χ4v) is 5.18. The molecule has 0 spiro atoms. The highest BCUT2D eigenvalue weighted by molar-refractivity contribution is 7.91. The molecule has 25 heavy (non-hydrogen) atoms. The minimum Gasteiger partial charge on any atom is -0.340 e. The summed E-state index contributed by atoms with van der Waals surface area (Å²) in [5.41, 5.74) is 0.534. The van der Waals surface area contributed by atoms with Crippen LogP contribution in [0.5, 0.6) is 0 Å². The number of carbonyl (C=O) groups excluding carboxylic acids is 1. The molecule has 0 aromatic heterocycles. The Hall–Kier alpha value is -1.16. The van der Waals surface area contributed by atoms with E-state index in [0.29, 0.717) is 10.6 Å². The summed E-state index contributed by atoms with van der Waals surface area (Å²) < 4.78 is 49.0. The maximum Gasteiger partial charge on any atom is 0.237 e. The summed E-state index contributed by atoms with van der Waals surface area (Å²) >= 11 is 6.14. The van der Waals surface area contributed by atoms with E-state index in [4.69, 9.17) is 11.6 Å². The fourth-order valence-electron chi connectivity index (χ4n) is 2.69. The molecule has 1 aliphatic heterocycles. The van der Waals surface area contributed by atoms with Crippen molar-refractivity contribution in [3.05, 3.63) is 34.9 Å². The SMILES string of the molecule is CN(CC(=O)N1CCC(c2ccccc2Cl)S(=O)(=O)CC1)S(C)(=O)=O. The number of benzene rings is 1. The first-order valence-electron chi connectivity index (χ1n) is 7.67. The zero-order valence-corrected chi connectivity index (χ0v) is 16.4. The van der Waals surface area contributed by atoms with Crippen molar-refractivity contribution in [2.75, 3.05) is 38.7 Å². The van der Waals surface area contributed by atoms with Crippen LogP contribution >= 0.6 is 11.6 Å². The molecule has 1 aromatic carbocycles. The molecule has 0 radical (unpaired) electrons. The second-order valence-corrected chi connectivity index (χ2v) is 10.9. The quantitative estimate of drug-likeness (QED) is 0.738. The van der Waals surface area contributed by atoms with Gasteiger partial charge in [-0.3, -0.25) is 4.79 Å². The first-order valence-corrected chi connectivity index (χ1v) is 11.6. The van der Waals surface area contributed by atoms with Crippen molar-refractivity contribution >= 4 is 37.4 Å². The molecule has 1 unspecified atom stereocenters. The molecule has 1 aromatic rings. The molecule has 2 rings (SSSR count). The predicted octanol–water partition coefficient (Wildman–Crippen LogP) is 0.920. The van der Waals surface area contributed by atoms with Crippen LogP contribution in [0.2, 0.25) is 5.02 Å².